The Morgan fingerprint density at radius 3 is 2.27 bits per heavy atom. The van der Waals surface area contributed by atoms with Crippen molar-refractivity contribution < 1.29 is 38.1 Å². The molecular formula is C29H25N3O9. The van der Waals surface area contributed by atoms with Crippen LogP contribution in [0.25, 0.3) is 0 Å². The number of non-ortho nitro benzene ring substituents is 1. The molecule has 5 rings (SSSR count). The number of nitrogens with zero attached hydrogens (tertiary/aromatic N) is 3. The highest BCUT2D eigenvalue weighted by Crippen LogP contribution is 2.41. The lowest BCUT2D eigenvalue weighted by atomic mass is 9.76. The van der Waals surface area contributed by atoms with Gasteiger partial charge in [0, 0.05) is 23.3 Å². The highest BCUT2D eigenvalue weighted by atomic mass is 16.6. The number of amides is 3. The molecule has 0 radical (unpaired) electrons. The van der Waals surface area contributed by atoms with E-state index in [9.17, 15) is 34.1 Å². The van der Waals surface area contributed by atoms with E-state index in [1.807, 2.05) is 6.92 Å². The SMILES string of the molecule is C[C@@H]1CC[C@H]2C(=O)N(N(CC(=O)c3ccc(OC(=O)c4ccco4)cc3)C(=O)c3ccc([N+](=O)[O-])cc3)C(=O)[C@@H]2C1. The predicted octanol–water partition coefficient (Wildman–Crippen LogP) is 4.07. The molecule has 2 aliphatic rings. The van der Waals surface area contributed by atoms with E-state index in [-0.39, 0.29) is 34.2 Å². The molecule has 0 spiro atoms. The van der Waals surface area contributed by atoms with Crippen molar-refractivity contribution in [2.75, 3.05) is 6.54 Å². The molecular weight excluding hydrogens is 534 g/mol. The number of hydrogen-bond donors (Lipinski definition) is 0. The zero-order valence-corrected chi connectivity index (χ0v) is 21.9. The molecule has 1 saturated heterocycles. The maximum Gasteiger partial charge on any atom is 0.379 e. The van der Waals surface area contributed by atoms with Crippen molar-refractivity contribution >= 4 is 35.2 Å². The molecule has 1 aliphatic heterocycles. The Kier molecular flexibility index (Phi) is 7.47. The molecule has 1 aromatic heterocycles. The van der Waals surface area contributed by atoms with Gasteiger partial charge in [0.05, 0.1) is 23.0 Å². The van der Waals surface area contributed by atoms with Gasteiger partial charge in [-0.2, -0.15) is 5.01 Å². The van der Waals surface area contributed by atoms with E-state index in [0.29, 0.717) is 12.8 Å². The van der Waals surface area contributed by atoms with Crippen molar-refractivity contribution in [3.63, 3.8) is 0 Å². The Labute approximate surface area is 233 Å². The summed E-state index contributed by atoms with van der Waals surface area (Å²) in [5, 5.41) is 12.7. The molecule has 3 atom stereocenters. The number of hydrogen-bond acceptors (Lipinski definition) is 9. The van der Waals surface area contributed by atoms with Crippen LogP contribution in [0.15, 0.2) is 71.3 Å². The summed E-state index contributed by atoms with van der Waals surface area (Å²) >= 11 is 0. The number of ether oxygens (including phenoxy) is 1. The van der Waals surface area contributed by atoms with Gasteiger partial charge in [-0.25, -0.2) is 9.80 Å². The summed E-state index contributed by atoms with van der Waals surface area (Å²) in [6.07, 6.45) is 3.09. The summed E-state index contributed by atoms with van der Waals surface area (Å²) in [4.78, 5) is 76.3. The Balaban J connectivity index is 1.40. The average molecular weight is 560 g/mol. The van der Waals surface area contributed by atoms with Crippen LogP contribution in [0.2, 0.25) is 0 Å². The fraction of sp³-hybridized carbons (Fsp3) is 0.276. The van der Waals surface area contributed by atoms with Crippen LogP contribution in [0.5, 0.6) is 5.75 Å². The Morgan fingerprint density at radius 1 is 0.976 bits per heavy atom. The number of carbonyl (C=O) groups is 5. The van der Waals surface area contributed by atoms with Crippen LogP contribution in [0, 0.1) is 27.9 Å². The first kappa shape index (κ1) is 27.4. The van der Waals surface area contributed by atoms with Crippen molar-refractivity contribution in [2.24, 2.45) is 17.8 Å². The molecule has 210 valence electrons. The summed E-state index contributed by atoms with van der Waals surface area (Å²) in [6.45, 7) is 1.35. The number of nitro benzene ring substituents is 1. The summed E-state index contributed by atoms with van der Waals surface area (Å²) in [5.74, 6) is -4.03. The average Bonchev–Trinajstić information content (AvgIpc) is 3.59. The number of ketones is 1. The molecule has 0 unspecified atom stereocenters. The minimum absolute atomic E-state index is 0.000425. The molecule has 1 saturated carbocycles. The van der Waals surface area contributed by atoms with Crippen molar-refractivity contribution in [1.82, 2.24) is 10.0 Å². The van der Waals surface area contributed by atoms with Gasteiger partial charge in [-0.05, 0) is 73.7 Å². The number of imide groups is 1. The topological polar surface area (TPSA) is 157 Å². The lowest BCUT2D eigenvalue weighted by molar-refractivity contribution is -0.384. The van der Waals surface area contributed by atoms with Gasteiger partial charge in [0.15, 0.2) is 5.78 Å². The second-order valence-electron chi connectivity index (χ2n) is 10.1. The standard InChI is InChI=1S/C29H25N3O9/c1-17-4-13-22-23(15-17)28(36)31(27(22)35)30(26(34)19-5-9-20(10-6-19)32(38)39)16-24(33)18-7-11-21(12-8-18)41-29(37)25-3-2-14-40-25/h2-3,5-12,14,17,22-23H,4,13,15-16H2,1H3/t17-,22-,23-/m1/s1. The van der Waals surface area contributed by atoms with Crippen LogP contribution in [-0.2, 0) is 9.59 Å². The summed E-state index contributed by atoms with van der Waals surface area (Å²) < 4.78 is 10.2. The fourth-order valence-corrected chi connectivity index (χ4v) is 5.21. The third-order valence-corrected chi connectivity index (χ3v) is 7.37. The van der Waals surface area contributed by atoms with Gasteiger partial charge in [0.2, 0.25) is 5.76 Å². The van der Waals surface area contributed by atoms with Crippen LogP contribution in [0.1, 0.15) is 57.5 Å². The molecule has 3 amide bonds. The maximum atomic E-state index is 13.6. The smallest absolute Gasteiger partial charge is 0.379 e. The quantitative estimate of drug-likeness (QED) is 0.0991. The number of carbonyl (C=O) groups excluding carboxylic acids is 5. The van der Waals surface area contributed by atoms with Gasteiger partial charge in [0.1, 0.15) is 12.3 Å². The van der Waals surface area contributed by atoms with E-state index in [4.69, 9.17) is 9.15 Å². The molecule has 2 heterocycles. The summed E-state index contributed by atoms with van der Waals surface area (Å²) in [7, 11) is 0. The van der Waals surface area contributed by atoms with E-state index in [0.717, 1.165) is 28.6 Å². The van der Waals surface area contributed by atoms with Gasteiger partial charge >= 0.3 is 5.97 Å². The minimum Gasteiger partial charge on any atom is -0.457 e. The van der Waals surface area contributed by atoms with E-state index in [2.05, 4.69) is 0 Å². The first-order valence-electron chi connectivity index (χ1n) is 13.0. The van der Waals surface area contributed by atoms with E-state index >= 15 is 0 Å². The van der Waals surface area contributed by atoms with Crippen molar-refractivity contribution in [1.29, 1.82) is 0 Å². The number of hydrazine groups is 1. The molecule has 41 heavy (non-hydrogen) atoms. The fourth-order valence-electron chi connectivity index (χ4n) is 5.21. The van der Waals surface area contributed by atoms with Crippen LogP contribution in [-0.4, -0.2) is 51.0 Å². The third-order valence-electron chi connectivity index (χ3n) is 7.37. The number of Topliss-reactive ketones (excluding diaryl/α,β-unsaturated/α-hetero) is 1. The molecule has 0 N–H and O–H groups in total. The number of nitro groups is 1. The number of rotatable bonds is 8. The number of furan rings is 1. The zero-order valence-electron chi connectivity index (χ0n) is 21.9. The molecule has 3 aromatic rings. The Hall–Kier alpha value is -5.13. The van der Waals surface area contributed by atoms with Crippen LogP contribution < -0.4 is 4.74 Å². The second-order valence-corrected chi connectivity index (χ2v) is 10.1. The second kappa shape index (κ2) is 11.2. The largest absolute Gasteiger partial charge is 0.457 e. The van der Waals surface area contributed by atoms with Crippen LogP contribution in [0.3, 0.4) is 0 Å². The molecule has 0 bridgehead atoms. The zero-order chi connectivity index (χ0) is 29.3. The first-order chi connectivity index (χ1) is 19.6. The summed E-state index contributed by atoms with van der Waals surface area (Å²) in [6, 6.07) is 13.2. The van der Waals surface area contributed by atoms with Crippen molar-refractivity contribution in [3.8, 4) is 5.75 Å². The van der Waals surface area contributed by atoms with Crippen molar-refractivity contribution in [3.05, 3.63) is 93.9 Å². The van der Waals surface area contributed by atoms with Gasteiger partial charge in [0.25, 0.3) is 23.4 Å². The van der Waals surface area contributed by atoms with Crippen LogP contribution in [0.4, 0.5) is 5.69 Å². The van der Waals surface area contributed by atoms with Gasteiger partial charge in [-0.15, -0.1) is 0 Å². The van der Waals surface area contributed by atoms with Crippen molar-refractivity contribution in [2.45, 2.75) is 26.2 Å². The predicted molar refractivity (Wildman–Crippen MR) is 140 cm³/mol. The number of esters is 1. The number of fused-ring (bicyclic) bond motifs is 1. The molecule has 1 aliphatic carbocycles. The Bertz CT molecular complexity index is 1510. The van der Waals surface area contributed by atoms with E-state index < -0.39 is 52.8 Å². The lowest BCUT2D eigenvalue weighted by Gasteiger charge is -2.30. The first-order valence-corrected chi connectivity index (χ1v) is 13.0. The third kappa shape index (κ3) is 5.49. The highest BCUT2D eigenvalue weighted by molar-refractivity contribution is 6.09. The minimum atomic E-state index is -0.828. The number of benzene rings is 2. The normalized spacial score (nSPS) is 19.9. The van der Waals surface area contributed by atoms with Crippen LogP contribution >= 0.6 is 0 Å². The lowest BCUT2D eigenvalue weighted by Crippen LogP contribution is -2.52. The molecule has 2 fully saturated rings. The maximum absolute atomic E-state index is 13.6. The van der Waals surface area contributed by atoms with Gasteiger partial charge in [-0.3, -0.25) is 29.3 Å². The molecule has 12 heteroatoms. The molecule has 12 nitrogen and oxygen atoms in total. The molecule has 2 aromatic carbocycles. The van der Waals surface area contributed by atoms with Gasteiger partial charge in [-0.1, -0.05) is 6.92 Å². The summed E-state index contributed by atoms with van der Waals surface area (Å²) in [5.41, 5.74) is -0.146. The monoisotopic (exact) mass is 559 g/mol. The highest BCUT2D eigenvalue weighted by Gasteiger charge is 2.52. The van der Waals surface area contributed by atoms with E-state index in [1.165, 1.54) is 54.8 Å². The Morgan fingerprint density at radius 2 is 1.63 bits per heavy atom. The van der Waals surface area contributed by atoms with Gasteiger partial charge < -0.3 is 9.15 Å². The van der Waals surface area contributed by atoms with E-state index in [1.54, 1.807) is 0 Å².